The van der Waals surface area contributed by atoms with E-state index >= 15 is 0 Å². The normalized spacial score (nSPS) is 10.0. The van der Waals surface area contributed by atoms with Crippen LogP contribution < -0.4 is 10.6 Å². The summed E-state index contributed by atoms with van der Waals surface area (Å²) in [6.07, 6.45) is 0. The molecule has 0 atom stereocenters. The summed E-state index contributed by atoms with van der Waals surface area (Å²) in [5, 5.41) is 36.9. The Morgan fingerprint density at radius 1 is 0.679 bits per heavy atom. The van der Waals surface area contributed by atoms with Gasteiger partial charge in [0.25, 0.3) is 0 Å². The molecule has 0 aliphatic carbocycles. The monoisotopic (exact) mass is 1000 g/mol. The van der Waals surface area contributed by atoms with E-state index in [9.17, 15) is 20.1 Å². The minimum atomic E-state index is -0.126. The Morgan fingerprint density at radius 3 is 1.38 bits per heavy atom. The number of hydrogen-bond donors (Lipinski definition) is 3. The molecule has 0 saturated carbocycles. The summed E-state index contributed by atoms with van der Waals surface area (Å²) in [5.41, 5.74) is 4.10. The van der Waals surface area contributed by atoms with Crippen molar-refractivity contribution in [3.05, 3.63) is 126 Å². The Morgan fingerprint density at radius 2 is 1.06 bits per heavy atom. The number of benzene rings is 2. The molecule has 6 aromatic rings. The van der Waals surface area contributed by atoms with Crippen molar-refractivity contribution in [3.63, 3.8) is 0 Å². The lowest BCUT2D eigenvalue weighted by Crippen LogP contribution is -2.14. The molecule has 268 valence electrons. The molecule has 2 amide bonds. The number of halogens is 2. The Hall–Kier alpha value is -3.82. The number of thiophene rings is 2. The molecule has 9 nitrogen and oxygen atoms in total. The lowest BCUT2D eigenvalue weighted by Gasteiger charge is -2.07. The average molecular weight is 1000 g/mol. The highest BCUT2D eigenvalue weighted by atomic mass is 127. The van der Waals surface area contributed by atoms with Crippen molar-refractivity contribution in [2.24, 2.45) is 0 Å². The highest BCUT2D eigenvalue weighted by Gasteiger charge is 2.13. The molecule has 15 heteroatoms. The second-order valence-electron chi connectivity index (χ2n) is 10.3. The van der Waals surface area contributed by atoms with E-state index in [0.29, 0.717) is 21.2 Å². The van der Waals surface area contributed by atoms with Gasteiger partial charge in [0, 0.05) is 25.1 Å². The Kier molecular flexibility index (Phi) is 17.7. The quantitative estimate of drug-likeness (QED) is 0.0900. The van der Waals surface area contributed by atoms with Crippen LogP contribution in [0.4, 0.5) is 11.4 Å². The number of thioether (sulfide) groups is 2. The van der Waals surface area contributed by atoms with Crippen molar-refractivity contribution < 1.29 is 14.7 Å². The van der Waals surface area contributed by atoms with E-state index in [1.54, 1.807) is 41.7 Å². The largest absolute Gasteiger partial charge is 0.397 e. The summed E-state index contributed by atoms with van der Waals surface area (Å²) in [6, 6.07) is 34.5. The minimum Gasteiger partial charge on any atom is -0.397 e. The van der Waals surface area contributed by atoms with Crippen molar-refractivity contribution in [2.45, 2.75) is 17.0 Å². The Labute approximate surface area is 351 Å². The molecule has 0 spiro atoms. The van der Waals surface area contributed by atoms with Gasteiger partial charge in [0.1, 0.15) is 22.2 Å². The standard InChI is InChI=1S/2C18H12IN3OS2.C2H6O/c2*19-13-4-6-14(7-5-13)21-17(23)11-25-18-12(10-20)3-8-15(22-18)16-2-1-9-24-16;1-2-3/h2*1-9H,11H2,(H,21,23);3H,2H2,1H3. The zero-order valence-electron chi connectivity index (χ0n) is 28.0. The van der Waals surface area contributed by atoms with Crippen LogP contribution >= 0.6 is 91.4 Å². The van der Waals surface area contributed by atoms with Crippen LogP contribution in [0.25, 0.3) is 21.1 Å². The van der Waals surface area contributed by atoms with E-state index in [1.807, 2.05) is 95.7 Å². The molecule has 4 aromatic heterocycles. The molecular formula is C38H30I2N6O3S4. The number of carbonyl (C=O) groups is 2. The maximum Gasteiger partial charge on any atom is 0.234 e. The number of pyridine rings is 2. The Bertz CT molecular complexity index is 2020. The fraction of sp³-hybridized carbons (Fsp3) is 0.105. The van der Waals surface area contributed by atoms with E-state index in [4.69, 9.17) is 5.11 Å². The third-order valence-electron chi connectivity index (χ3n) is 6.44. The fourth-order valence-electron chi connectivity index (χ4n) is 4.12. The van der Waals surface area contributed by atoms with Gasteiger partial charge in [-0.25, -0.2) is 9.97 Å². The van der Waals surface area contributed by atoms with Gasteiger partial charge in [-0.05, 0) is 148 Å². The van der Waals surface area contributed by atoms with Crippen molar-refractivity contribution >= 4 is 115 Å². The van der Waals surface area contributed by atoms with E-state index < -0.39 is 0 Å². The number of aliphatic hydroxyl groups is 1. The predicted molar refractivity (Wildman–Crippen MR) is 234 cm³/mol. The number of aromatic nitrogens is 2. The van der Waals surface area contributed by atoms with Gasteiger partial charge in [-0.2, -0.15) is 10.5 Å². The number of nitrogens with zero attached hydrogens (tertiary/aromatic N) is 4. The number of aliphatic hydroxyl groups excluding tert-OH is 1. The smallest absolute Gasteiger partial charge is 0.234 e. The summed E-state index contributed by atoms with van der Waals surface area (Å²) in [5.74, 6) is 0.139. The van der Waals surface area contributed by atoms with Gasteiger partial charge in [0.05, 0.1) is 43.8 Å². The fourth-order valence-corrected chi connectivity index (χ4v) is 7.78. The second-order valence-corrected chi connectivity index (χ2v) is 16.6. The molecule has 0 aliphatic heterocycles. The predicted octanol–water partition coefficient (Wildman–Crippen LogP) is 10.0. The van der Waals surface area contributed by atoms with Crippen LogP contribution in [0.5, 0.6) is 0 Å². The van der Waals surface area contributed by atoms with Gasteiger partial charge in [0.2, 0.25) is 11.8 Å². The first-order valence-corrected chi connectivity index (χ1v) is 21.5. The average Bonchev–Trinajstić information content (AvgIpc) is 3.92. The number of hydrogen-bond acceptors (Lipinski definition) is 11. The van der Waals surface area contributed by atoms with Crippen molar-refractivity contribution in [3.8, 4) is 33.3 Å². The zero-order chi connectivity index (χ0) is 38.0. The molecule has 6 rings (SSSR count). The van der Waals surface area contributed by atoms with Gasteiger partial charge < -0.3 is 15.7 Å². The molecule has 3 N–H and O–H groups in total. The Balaban J connectivity index is 0.000000220. The maximum atomic E-state index is 12.1. The van der Waals surface area contributed by atoms with E-state index in [2.05, 4.69) is 77.9 Å². The van der Waals surface area contributed by atoms with Crippen molar-refractivity contribution in [2.75, 3.05) is 28.7 Å². The second kappa shape index (κ2) is 22.4. The van der Waals surface area contributed by atoms with Crippen molar-refractivity contribution in [1.82, 2.24) is 9.97 Å². The van der Waals surface area contributed by atoms with Crippen LogP contribution in [0.15, 0.2) is 118 Å². The third-order valence-corrected chi connectivity index (χ3v) is 11.7. The number of nitrogens with one attached hydrogen (secondary N) is 2. The van der Waals surface area contributed by atoms with Gasteiger partial charge in [-0.15, -0.1) is 22.7 Å². The first-order valence-electron chi connectivity index (χ1n) is 15.6. The van der Waals surface area contributed by atoms with E-state index in [0.717, 1.165) is 39.7 Å². The van der Waals surface area contributed by atoms with Gasteiger partial charge in [-0.3, -0.25) is 9.59 Å². The number of anilines is 2. The molecule has 4 heterocycles. The zero-order valence-corrected chi connectivity index (χ0v) is 35.5. The van der Waals surface area contributed by atoms with Crippen LogP contribution in [-0.4, -0.2) is 45.0 Å². The molecule has 0 bridgehead atoms. The molecule has 0 fully saturated rings. The first-order chi connectivity index (χ1) is 25.7. The lowest BCUT2D eigenvalue weighted by molar-refractivity contribution is -0.114. The van der Waals surface area contributed by atoms with E-state index in [-0.39, 0.29) is 29.9 Å². The summed E-state index contributed by atoms with van der Waals surface area (Å²) in [4.78, 5) is 35.4. The van der Waals surface area contributed by atoms with Crippen LogP contribution in [0.2, 0.25) is 0 Å². The highest BCUT2D eigenvalue weighted by molar-refractivity contribution is 14.1. The number of amides is 2. The number of nitriles is 2. The minimum absolute atomic E-state index is 0.126. The molecule has 53 heavy (non-hydrogen) atoms. The molecule has 0 unspecified atom stereocenters. The molecular weight excluding hydrogens is 971 g/mol. The van der Waals surface area contributed by atoms with Crippen LogP contribution in [0, 0.1) is 29.8 Å². The SMILES string of the molecule is CCO.N#Cc1ccc(-c2cccs2)nc1SCC(=O)Nc1ccc(I)cc1.N#Cc1ccc(-c2cccs2)nc1SCC(=O)Nc1ccc(I)cc1. The van der Waals surface area contributed by atoms with Gasteiger partial charge in [-0.1, -0.05) is 35.7 Å². The summed E-state index contributed by atoms with van der Waals surface area (Å²) in [6.45, 7) is 1.93. The molecule has 0 radical (unpaired) electrons. The van der Waals surface area contributed by atoms with Crippen molar-refractivity contribution in [1.29, 1.82) is 10.5 Å². The first kappa shape index (κ1) is 41.9. The topological polar surface area (TPSA) is 152 Å². The van der Waals surface area contributed by atoms with Crippen LogP contribution in [0.3, 0.4) is 0 Å². The number of carbonyl (C=O) groups excluding carboxylic acids is 2. The lowest BCUT2D eigenvalue weighted by atomic mass is 10.2. The van der Waals surface area contributed by atoms with Gasteiger partial charge >= 0.3 is 0 Å². The highest BCUT2D eigenvalue weighted by Crippen LogP contribution is 2.29. The summed E-state index contributed by atoms with van der Waals surface area (Å²) >= 11 is 10.2. The molecule has 2 aromatic carbocycles. The van der Waals surface area contributed by atoms with Gasteiger partial charge in [0.15, 0.2) is 0 Å². The molecule has 0 saturated heterocycles. The van der Waals surface area contributed by atoms with Crippen LogP contribution in [-0.2, 0) is 9.59 Å². The summed E-state index contributed by atoms with van der Waals surface area (Å²) < 4.78 is 2.22. The maximum absolute atomic E-state index is 12.1. The molecule has 0 aliphatic rings. The third kappa shape index (κ3) is 13.8. The van der Waals surface area contributed by atoms with Crippen LogP contribution in [0.1, 0.15) is 18.1 Å². The summed E-state index contributed by atoms with van der Waals surface area (Å²) in [7, 11) is 0. The number of rotatable bonds is 10. The van der Waals surface area contributed by atoms with E-state index in [1.165, 1.54) is 23.5 Å².